The number of methoxy groups -OCH3 is 1. The van der Waals surface area contributed by atoms with Crippen LogP contribution in [0.25, 0.3) is 0 Å². The second-order valence-electron chi connectivity index (χ2n) is 5.22. The van der Waals surface area contributed by atoms with E-state index in [-0.39, 0.29) is 17.9 Å². The quantitative estimate of drug-likeness (QED) is 0.841. The number of nitrogens with one attached hydrogen (secondary N) is 1. The lowest BCUT2D eigenvalue weighted by Crippen LogP contribution is -2.41. The minimum atomic E-state index is -0.0677. The summed E-state index contributed by atoms with van der Waals surface area (Å²) in [6.07, 6.45) is 2.53. The molecule has 0 spiro atoms. The van der Waals surface area contributed by atoms with Crippen molar-refractivity contribution in [3.05, 3.63) is 29.8 Å². The first kappa shape index (κ1) is 15.5. The number of carbonyl (C=O) groups excluding carboxylic acids is 2. The van der Waals surface area contributed by atoms with Crippen LogP contribution in [0, 0.1) is 0 Å². The maximum Gasteiger partial charge on any atom is 0.229 e. The van der Waals surface area contributed by atoms with E-state index in [1.807, 2.05) is 31.3 Å². The number of benzene rings is 1. The van der Waals surface area contributed by atoms with Crippen LogP contribution in [-0.2, 0) is 9.59 Å². The molecule has 1 saturated heterocycles. The fourth-order valence-electron chi connectivity index (χ4n) is 2.55. The smallest absolute Gasteiger partial charge is 0.229 e. The second-order valence-corrected chi connectivity index (χ2v) is 5.22. The Hall–Kier alpha value is -1.88. The Balaban J connectivity index is 2.12. The zero-order valence-electron chi connectivity index (χ0n) is 12.6. The van der Waals surface area contributed by atoms with E-state index in [4.69, 9.17) is 4.74 Å². The van der Waals surface area contributed by atoms with Gasteiger partial charge in [-0.05, 0) is 37.6 Å². The highest BCUT2D eigenvalue weighted by Gasteiger charge is 2.26. The van der Waals surface area contributed by atoms with Gasteiger partial charge in [-0.1, -0.05) is 12.1 Å². The molecule has 5 heteroatoms. The molecule has 1 fully saturated rings. The summed E-state index contributed by atoms with van der Waals surface area (Å²) in [5, 5.41) is 3.18. The summed E-state index contributed by atoms with van der Waals surface area (Å²) in [5.41, 5.74) is 1.03. The van der Waals surface area contributed by atoms with Crippen molar-refractivity contribution in [3.8, 4) is 5.75 Å². The first-order chi connectivity index (χ1) is 10.2. The Labute approximate surface area is 125 Å². The molecule has 2 amide bonds. The molecule has 114 valence electrons. The number of hydrogen-bond acceptors (Lipinski definition) is 4. The molecule has 0 saturated carbocycles. The number of ether oxygens (including phenoxy) is 1. The second kappa shape index (κ2) is 7.22. The summed E-state index contributed by atoms with van der Waals surface area (Å²) in [6.45, 7) is 0.375. The molecule has 0 bridgehead atoms. The first-order valence-electron chi connectivity index (χ1n) is 7.30. The van der Waals surface area contributed by atoms with Gasteiger partial charge in [0, 0.05) is 19.4 Å². The number of rotatable bonds is 5. The molecule has 1 aromatic rings. The van der Waals surface area contributed by atoms with Gasteiger partial charge in [0.25, 0.3) is 0 Å². The summed E-state index contributed by atoms with van der Waals surface area (Å²) in [7, 11) is 3.46. The van der Waals surface area contributed by atoms with Crippen molar-refractivity contribution >= 4 is 11.8 Å². The highest BCUT2D eigenvalue weighted by atomic mass is 16.5. The zero-order valence-corrected chi connectivity index (χ0v) is 12.6. The van der Waals surface area contributed by atoms with E-state index < -0.39 is 0 Å². The van der Waals surface area contributed by atoms with Crippen LogP contribution in [0.1, 0.15) is 37.3 Å². The fourth-order valence-corrected chi connectivity index (χ4v) is 2.55. The summed E-state index contributed by atoms with van der Waals surface area (Å²) in [5.74, 6) is 0.660. The van der Waals surface area contributed by atoms with Crippen molar-refractivity contribution < 1.29 is 14.3 Å². The SMILES string of the molecule is CNC(CN1C(=O)CCCCC1=O)c1ccc(OC)cc1. The molecule has 1 unspecified atom stereocenters. The van der Waals surface area contributed by atoms with Crippen LogP contribution in [-0.4, -0.2) is 37.4 Å². The van der Waals surface area contributed by atoms with Gasteiger partial charge in [-0.3, -0.25) is 14.5 Å². The van der Waals surface area contributed by atoms with Gasteiger partial charge in [0.05, 0.1) is 13.2 Å². The molecule has 21 heavy (non-hydrogen) atoms. The Morgan fingerprint density at radius 2 is 1.71 bits per heavy atom. The Kier molecular flexibility index (Phi) is 5.33. The predicted molar refractivity (Wildman–Crippen MR) is 80.0 cm³/mol. The molecule has 1 N–H and O–H groups in total. The van der Waals surface area contributed by atoms with Crippen molar-refractivity contribution in [2.24, 2.45) is 0 Å². The molecule has 1 atom stereocenters. The summed E-state index contributed by atoms with van der Waals surface area (Å²) >= 11 is 0. The summed E-state index contributed by atoms with van der Waals surface area (Å²) in [6, 6.07) is 7.60. The zero-order chi connectivity index (χ0) is 15.2. The van der Waals surface area contributed by atoms with Gasteiger partial charge in [-0.15, -0.1) is 0 Å². The number of imide groups is 1. The number of likely N-dealkylation sites (N-methyl/N-ethyl adjacent to an activating group) is 1. The largest absolute Gasteiger partial charge is 0.497 e. The van der Waals surface area contributed by atoms with E-state index >= 15 is 0 Å². The van der Waals surface area contributed by atoms with Crippen molar-refractivity contribution in [2.75, 3.05) is 20.7 Å². The van der Waals surface area contributed by atoms with Gasteiger partial charge in [-0.2, -0.15) is 0 Å². The number of nitrogens with zero attached hydrogens (tertiary/aromatic N) is 1. The van der Waals surface area contributed by atoms with Gasteiger partial charge < -0.3 is 10.1 Å². The molecule has 1 aromatic carbocycles. The van der Waals surface area contributed by atoms with E-state index in [1.165, 1.54) is 4.90 Å². The van der Waals surface area contributed by atoms with Crippen molar-refractivity contribution in [3.63, 3.8) is 0 Å². The van der Waals surface area contributed by atoms with Gasteiger partial charge in [0.15, 0.2) is 0 Å². The predicted octanol–water partition coefficient (Wildman–Crippen LogP) is 1.88. The van der Waals surface area contributed by atoms with E-state index in [9.17, 15) is 9.59 Å². The Bertz CT molecular complexity index is 481. The van der Waals surface area contributed by atoms with E-state index in [0.717, 1.165) is 24.2 Å². The van der Waals surface area contributed by atoms with Crippen LogP contribution in [0.2, 0.25) is 0 Å². The molecule has 0 aliphatic carbocycles. The molecule has 1 aliphatic heterocycles. The van der Waals surface area contributed by atoms with Crippen LogP contribution < -0.4 is 10.1 Å². The van der Waals surface area contributed by atoms with Crippen LogP contribution >= 0.6 is 0 Å². The van der Waals surface area contributed by atoms with Crippen LogP contribution in [0.5, 0.6) is 5.75 Å². The fraction of sp³-hybridized carbons (Fsp3) is 0.500. The maximum absolute atomic E-state index is 12.1. The molecule has 1 heterocycles. The van der Waals surface area contributed by atoms with E-state index in [1.54, 1.807) is 7.11 Å². The number of likely N-dealkylation sites (tertiary alicyclic amines) is 1. The lowest BCUT2D eigenvalue weighted by atomic mass is 10.1. The topological polar surface area (TPSA) is 58.6 Å². The maximum atomic E-state index is 12.1. The molecule has 5 nitrogen and oxygen atoms in total. The van der Waals surface area contributed by atoms with E-state index in [0.29, 0.717) is 19.4 Å². The average molecular weight is 290 g/mol. The molecule has 0 radical (unpaired) electrons. The third kappa shape index (κ3) is 3.82. The molecule has 1 aliphatic rings. The van der Waals surface area contributed by atoms with Crippen molar-refractivity contribution in [1.82, 2.24) is 10.2 Å². The number of carbonyl (C=O) groups is 2. The van der Waals surface area contributed by atoms with Crippen molar-refractivity contribution in [1.29, 1.82) is 0 Å². The van der Waals surface area contributed by atoms with Crippen molar-refractivity contribution in [2.45, 2.75) is 31.7 Å². The van der Waals surface area contributed by atoms with Crippen LogP contribution in [0.15, 0.2) is 24.3 Å². The Morgan fingerprint density at radius 3 is 2.19 bits per heavy atom. The average Bonchev–Trinajstić information content (AvgIpc) is 2.67. The standard InChI is InChI=1S/C16H22N2O3/c1-17-14(12-7-9-13(21-2)10-8-12)11-18-15(19)5-3-4-6-16(18)20/h7-10,14,17H,3-6,11H2,1-2H3. The third-order valence-corrected chi connectivity index (χ3v) is 3.87. The van der Waals surface area contributed by atoms with Gasteiger partial charge >= 0.3 is 0 Å². The highest BCUT2D eigenvalue weighted by Crippen LogP contribution is 2.21. The monoisotopic (exact) mass is 290 g/mol. The molecule has 2 rings (SSSR count). The first-order valence-corrected chi connectivity index (χ1v) is 7.30. The number of hydrogen-bond donors (Lipinski definition) is 1. The van der Waals surface area contributed by atoms with Gasteiger partial charge in [0.2, 0.25) is 11.8 Å². The summed E-state index contributed by atoms with van der Waals surface area (Å²) in [4.78, 5) is 25.5. The normalized spacial score (nSPS) is 17.5. The summed E-state index contributed by atoms with van der Waals surface area (Å²) < 4.78 is 5.14. The third-order valence-electron chi connectivity index (χ3n) is 3.87. The number of amides is 2. The highest BCUT2D eigenvalue weighted by molar-refractivity contribution is 5.96. The van der Waals surface area contributed by atoms with Gasteiger partial charge in [-0.25, -0.2) is 0 Å². The minimum absolute atomic E-state index is 0.0636. The minimum Gasteiger partial charge on any atom is -0.497 e. The molecular weight excluding hydrogens is 268 g/mol. The van der Waals surface area contributed by atoms with E-state index in [2.05, 4.69) is 5.32 Å². The van der Waals surface area contributed by atoms with Crippen LogP contribution in [0.3, 0.4) is 0 Å². The lowest BCUT2D eigenvalue weighted by molar-refractivity contribution is -0.144. The van der Waals surface area contributed by atoms with Gasteiger partial charge in [0.1, 0.15) is 5.75 Å². The molecular formula is C16H22N2O3. The lowest BCUT2D eigenvalue weighted by Gasteiger charge is -2.25. The Morgan fingerprint density at radius 1 is 1.14 bits per heavy atom. The van der Waals surface area contributed by atoms with Crippen LogP contribution in [0.4, 0.5) is 0 Å². The molecule has 0 aromatic heterocycles.